The molecule has 0 aromatic carbocycles. The van der Waals surface area contributed by atoms with Crippen LogP contribution in [-0.2, 0) is 4.79 Å². The molecule has 5 nitrogen and oxygen atoms in total. The maximum absolute atomic E-state index is 11.5. The minimum Gasteiger partial charge on any atom is -0.322 e. The van der Waals surface area contributed by atoms with Crippen molar-refractivity contribution in [2.75, 3.05) is 0 Å². The number of rotatable bonds is 3. The second-order valence-electron chi connectivity index (χ2n) is 3.58. The van der Waals surface area contributed by atoms with Crippen molar-refractivity contribution in [2.24, 2.45) is 11.8 Å². The summed E-state index contributed by atoms with van der Waals surface area (Å²) >= 11 is 0. The van der Waals surface area contributed by atoms with E-state index in [0.717, 1.165) is 5.82 Å². The van der Waals surface area contributed by atoms with Gasteiger partial charge in [-0.2, -0.15) is 0 Å². The second-order valence-corrected chi connectivity index (χ2v) is 3.58. The van der Waals surface area contributed by atoms with Gasteiger partial charge in [-0.3, -0.25) is 10.2 Å². The summed E-state index contributed by atoms with van der Waals surface area (Å²) in [5, 5.41) is 0. The van der Waals surface area contributed by atoms with Crippen molar-refractivity contribution < 1.29 is 4.79 Å². The number of imidazole rings is 1. The first-order chi connectivity index (χ1) is 6.57. The van der Waals surface area contributed by atoms with Crippen LogP contribution in [0.25, 0.3) is 0 Å². The number of nitrogens with one attached hydrogen (secondary N) is 1. The van der Waals surface area contributed by atoms with Crippen LogP contribution >= 0.6 is 0 Å². The van der Waals surface area contributed by atoms with Crippen LogP contribution < -0.4 is 11.3 Å². The third-order valence-electron chi connectivity index (χ3n) is 2.20. The van der Waals surface area contributed by atoms with Crippen molar-refractivity contribution in [1.29, 1.82) is 0 Å². The molecule has 0 fully saturated rings. The molecule has 1 unspecified atom stereocenters. The van der Waals surface area contributed by atoms with Crippen LogP contribution in [0.2, 0.25) is 0 Å². The molecule has 14 heavy (non-hydrogen) atoms. The Morgan fingerprint density at radius 1 is 1.64 bits per heavy atom. The number of carbonyl (C=O) groups excluding carboxylic acids is 1. The van der Waals surface area contributed by atoms with Gasteiger partial charge < -0.3 is 4.57 Å². The third-order valence-corrected chi connectivity index (χ3v) is 2.20. The van der Waals surface area contributed by atoms with Gasteiger partial charge in [0.25, 0.3) is 5.91 Å². The van der Waals surface area contributed by atoms with Crippen LogP contribution in [0.4, 0.5) is 0 Å². The average Bonchev–Trinajstić information content (AvgIpc) is 2.52. The zero-order chi connectivity index (χ0) is 10.7. The van der Waals surface area contributed by atoms with E-state index in [4.69, 9.17) is 5.84 Å². The SMILES string of the molecule is Cc1nccn1C(C(=O)NN)C(C)C. The maximum atomic E-state index is 11.5. The van der Waals surface area contributed by atoms with Gasteiger partial charge in [0.05, 0.1) is 0 Å². The number of aromatic nitrogens is 2. The molecule has 0 spiro atoms. The number of carbonyl (C=O) groups is 1. The van der Waals surface area contributed by atoms with Crippen molar-refractivity contribution in [2.45, 2.75) is 26.8 Å². The minimum atomic E-state index is -0.289. The summed E-state index contributed by atoms with van der Waals surface area (Å²) in [4.78, 5) is 15.6. The van der Waals surface area contributed by atoms with E-state index in [2.05, 4.69) is 10.4 Å². The maximum Gasteiger partial charge on any atom is 0.257 e. The van der Waals surface area contributed by atoms with Crippen molar-refractivity contribution in [3.63, 3.8) is 0 Å². The molecule has 0 saturated carbocycles. The molecule has 0 radical (unpaired) electrons. The van der Waals surface area contributed by atoms with Crippen LogP contribution in [0, 0.1) is 12.8 Å². The smallest absolute Gasteiger partial charge is 0.257 e. The van der Waals surface area contributed by atoms with Gasteiger partial charge in [-0.1, -0.05) is 13.8 Å². The lowest BCUT2D eigenvalue weighted by molar-refractivity contribution is -0.125. The number of amides is 1. The van der Waals surface area contributed by atoms with E-state index < -0.39 is 0 Å². The number of hydrogen-bond acceptors (Lipinski definition) is 3. The Morgan fingerprint density at radius 3 is 2.64 bits per heavy atom. The predicted octanol–water partition coefficient (Wildman–Crippen LogP) is 0.379. The van der Waals surface area contributed by atoms with E-state index in [1.807, 2.05) is 25.3 Å². The summed E-state index contributed by atoms with van der Waals surface area (Å²) in [6, 6.07) is -0.289. The van der Waals surface area contributed by atoms with Gasteiger partial charge in [-0.25, -0.2) is 10.8 Å². The molecule has 1 rings (SSSR count). The molecular weight excluding hydrogens is 180 g/mol. The van der Waals surface area contributed by atoms with Crippen LogP contribution in [0.1, 0.15) is 25.7 Å². The van der Waals surface area contributed by atoms with Gasteiger partial charge in [0.2, 0.25) is 0 Å². The first-order valence-electron chi connectivity index (χ1n) is 4.57. The third kappa shape index (κ3) is 1.93. The van der Waals surface area contributed by atoms with E-state index in [-0.39, 0.29) is 17.9 Å². The molecule has 78 valence electrons. The largest absolute Gasteiger partial charge is 0.322 e. The minimum absolute atomic E-state index is 0.173. The van der Waals surface area contributed by atoms with Crippen LogP contribution in [-0.4, -0.2) is 15.5 Å². The molecule has 3 N–H and O–H groups in total. The van der Waals surface area contributed by atoms with E-state index in [9.17, 15) is 4.79 Å². The molecule has 0 aliphatic carbocycles. The first-order valence-corrected chi connectivity index (χ1v) is 4.57. The van der Waals surface area contributed by atoms with Crippen molar-refractivity contribution in [1.82, 2.24) is 15.0 Å². The highest BCUT2D eigenvalue weighted by atomic mass is 16.2. The van der Waals surface area contributed by atoms with E-state index in [1.54, 1.807) is 12.4 Å². The van der Waals surface area contributed by atoms with Crippen LogP contribution in [0.3, 0.4) is 0 Å². The topological polar surface area (TPSA) is 72.9 Å². The Labute approximate surface area is 83.3 Å². The zero-order valence-corrected chi connectivity index (χ0v) is 8.69. The van der Waals surface area contributed by atoms with Crippen LogP contribution in [0.5, 0.6) is 0 Å². The highest BCUT2D eigenvalue weighted by Gasteiger charge is 2.23. The first kappa shape index (κ1) is 10.7. The predicted molar refractivity (Wildman–Crippen MR) is 53.2 cm³/mol. The molecule has 1 heterocycles. The van der Waals surface area contributed by atoms with Gasteiger partial charge in [0.15, 0.2) is 0 Å². The van der Waals surface area contributed by atoms with Gasteiger partial charge in [-0.15, -0.1) is 0 Å². The van der Waals surface area contributed by atoms with Crippen molar-refractivity contribution in [3.8, 4) is 0 Å². The fourth-order valence-electron chi connectivity index (χ4n) is 1.52. The van der Waals surface area contributed by atoms with Gasteiger partial charge >= 0.3 is 0 Å². The second kappa shape index (κ2) is 4.23. The molecule has 0 aliphatic heterocycles. The molecule has 0 saturated heterocycles. The zero-order valence-electron chi connectivity index (χ0n) is 8.69. The number of aryl methyl sites for hydroxylation is 1. The Bertz CT molecular complexity index is 318. The monoisotopic (exact) mass is 196 g/mol. The Balaban J connectivity index is 3.00. The fourth-order valence-corrected chi connectivity index (χ4v) is 1.52. The molecule has 1 aromatic rings. The summed E-state index contributed by atoms with van der Waals surface area (Å²) in [6.45, 7) is 5.80. The van der Waals surface area contributed by atoms with E-state index >= 15 is 0 Å². The van der Waals surface area contributed by atoms with Crippen LogP contribution in [0.15, 0.2) is 12.4 Å². The van der Waals surface area contributed by atoms with Crippen molar-refractivity contribution >= 4 is 5.91 Å². The van der Waals surface area contributed by atoms with Gasteiger partial charge in [0, 0.05) is 12.4 Å². The summed E-state index contributed by atoms with van der Waals surface area (Å²) in [7, 11) is 0. The highest BCUT2D eigenvalue weighted by molar-refractivity contribution is 5.80. The highest BCUT2D eigenvalue weighted by Crippen LogP contribution is 2.18. The molecule has 1 amide bonds. The normalized spacial score (nSPS) is 12.9. The Morgan fingerprint density at radius 2 is 2.29 bits per heavy atom. The lowest BCUT2D eigenvalue weighted by Crippen LogP contribution is -2.39. The number of hydrazine groups is 1. The summed E-state index contributed by atoms with van der Waals surface area (Å²) in [5.41, 5.74) is 2.17. The van der Waals surface area contributed by atoms with E-state index in [1.165, 1.54) is 0 Å². The summed E-state index contributed by atoms with van der Waals surface area (Å²) < 4.78 is 1.83. The number of hydrogen-bond donors (Lipinski definition) is 2. The average molecular weight is 196 g/mol. The van der Waals surface area contributed by atoms with Gasteiger partial charge in [0.1, 0.15) is 11.9 Å². The molecule has 1 aromatic heterocycles. The molecule has 0 bridgehead atoms. The summed E-state index contributed by atoms with van der Waals surface area (Å²) in [6.07, 6.45) is 3.46. The number of nitrogens with zero attached hydrogens (tertiary/aromatic N) is 2. The lowest BCUT2D eigenvalue weighted by atomic mass is 10.0. The fraction of sp³-hybridized carbons (Fsp3) is 0.556. The molecular formula is C9H16N4O. The quantitative estimate of drug-likeness (QED) is 0.417. The molecule has 0 aliphatic rings. The van der Waals surface area contributed by atoms with E-state index in [0.29, 0.717) is 0 Å². The van der Waals surface area contributed by atoms with Gasteiger partial charge in [-0.05, 0) is 12.8 Å². The molecule has 1 atom stereocenters. The standard InChI is InChI=1S/C9H16N4O/c1-6(2)8(9(14)12-10)13-5-4-11-7(13)3/h4-6,8H,10H2,1-3H3,(H,12,14). The summed E-state index contributed by atoms with van der Waals surface area (Å²) in [5.74, 6) is 5.93. The Hall–Kier alpha value is -1.36. The van der Waals surface area contributed by atoms with Crippen molar-refractivity contribution in [3.05, 3.63) is 18.2 Å². The lowest BCUT2D eigenvalue weighted by Gasteiger charge is -2.21. The Kier molecular flexibility index (Phi) is 3.24. The number of nitrogens with two attached hydrogens (primary N) is 1. The molecule has 5 heteroatoms.